The lowest BCUT2D eigenvalue weighted by atomic mass is 10.1. The molecule has 0 heterocycles. The molecule has 0 radical (unpaired) electrons. The Kier molecular flexibility index (Phi) is 10.2. The molecule has 2 aromatic rings. The highest BCUT2D eigenvalue weighted by Gasteiger charge is 2.30. The molecule has 12 heteroatoms. The van der Waals surface area contributed by atoms with Gasteiger partial charge in [-0.25, -0.2) is 12.8 Å². The fraction of sp³-hybridized carbons (Fsp3) is 0.391. The second-order valence-corrected chi connectivity index (χ2v) is 11.3. The molecule has 2 aromatic carbocycles. The Labute approximate surface area is 220 Å². The van der Waals surface area contributed by atoms with Crippen LogP contribution in [0, 0.1) is 5.82 Å². The van der Waals surface area contributed by atoms with Gasteiger partial charge >= 0.3 is 0 Å². The maximum atomic E-state index is 13.6. The van der Waals surface area contributed by atoms with Gasteiger partial charge in [-0.3, -0.25) is 13.9 Å². The fourth-order valence-corrected chi connectivity index (χ4v) is 4.47. The minimum atomic E-state index is -3.96. The van der Waals surface area contributed by atoms with Crippen molar-refractivity contribution < 1.29 is 22.4 Å². The van der Waals surface area contributed by atoms with Crippen molar-refractivity contribution in [3.63, 3.8) is 0 Å². The molecule has 0 aromatic heterocycles. The number of halogens is 4. The summed E-state index contributed by atoms with van der Waals surface area (Å²) in [6, 6.07) is 7.06. The first-order chi connectivity index (χ1) is 16.2. The van der Waals surface area contributed by atoms with Crippen LogP contribution < -0.4 is 9.62 Å². The van der Waals surface area contributed by atoms with Gasteiger partial charge in [0.05, 0.1) is 27.0 Å². The lowest BCUT2D eigenvalue weighted by Crippen LogP contribution is -2.52. The second kappa shape index (κ2) is 12.3. The Morgan fingerprint density at radius 2 is 1.69 bits per heavy atom. The van der Waals surface area contributed by atoms with Crippen LogP contribution in [0.3, 0.4) is 0 Å². The minimum Gasteiger partial charge on any atom is -0.352 e. The molecular weight excluding hydrogens is 540 g/mol. The van der Waals surface area contributed by atoms with E-state index >= 15 is 0 Å². The van der Waals surface area contributed by atoms with Crippen LogP contribution >= 0.6 is 34.8 Å². The summed E-state index contributed by atoms with van der Waals surface area (Å²) in [7, 11) is -3.96. The first kappa shape index (κ1) is 29.2. The first-order valence-corrected chi connectivity index (χ1v) is 13.7. The molecule has 2 atom stereocenters. The molecule has 0 aliphatic carbocycles. The molecule has 2 amide bonds. The summed E-state index contributed by atoms with van der Waals surface area (Å²) in [4.78, 5) is 27.6. The molecule has 35 heavy (non-hydrogen) atoms. The van der Waals surface area contributed by atoms with Crippen LogP contribution in [0.1, 0.15) is 32.8 Å². The normalized spacial score (nSPS) is 13.1. The monoisotopic (exact) mass is 565 g/mol. The molecule has 0 saturated heterocycles. The Morgan fingerprint density at radius 1 is 1.03 bits per heavy atom. The lowest BCUT2D eigenvalue weighted by Gasteiger charge is -2.32. The van der Waals surface area contributed by atoms with Gasteiger partial charge in [0, 0.05) is 12.6 Å². The zero-order valence-corrected chi connectivity index (χ0v) is 22.8. The summed E-state index contributed by atoms with van der Waals surface area (Å²) < 4.78 is 39.5. The lowest BCUT2D eigenvalue weighted by molar-refractivity contribution is -0.139. The highest BCUT2D eigenvalue weighted by atomic mass is 35.5. The number of rotatable bonds is 10. The molecule has 0 aliphatic rings. The topological polar surface area (TPSA) is 86.8 Å². The molecule has 7 nitrogen and oxygen atoms in total. The zero-order valence-electron chi connectivity index (χ0n) is 19.7. The molecule has 0 aliphatic heterocycles. The van der Waals surface area contributed by atoms with E-state index in [9.17, 15) is 22.4 Å². The van der Waals surface area contributed by atoms with Crippen molar-refractivity contribution in [3.8, 4) is 0 Å². The van der Waals surface area contributed by atoms with Gasteiger partial charge in [0.1, 0.15) is 18.4 Å². The van der Waals surface area contributed by atoms with E-state index in [2.05, 4.69) is 5.32 Å². The third kappa shape index (κ3) is 7.96. The maximum absolute atomic E-state index is 13.6. The van der Waals surface area contributed by atoms with Crippen LogP contribution in [-0.2, 0) is 26.2 Å². The van der Waals surface area contributed by atoms with Gasteiger partial charge in [-0.2, -0.15) is 0 Å². The van der Waals surface area contributed by atoms with Gasteiger partial charge in [0.2, 0.25) is 21.8 Å². The SMILES string of the molecule is CC[C@@H](C)NC(=O)[C@H](C)N(Cc1ccc(Cl)c(Cl)c1)C(=O)CN(c1ccc(F)c(Cl)c1)S(C)(=O)=O. The number of nitrogens with one attached hydrogen (secondary N) is 1. The average Bonchev–Trinajstić information content (AvgIpc) is 2.78. The highest BCUT2D eigenvalue weighted by Crippen LogP contribution is 2.26. The number of nitrogens with zero attached hydrogens (tertiary/aromatic N) is 2. The molecule has 0 unspecified atom stereocenters. The molecule has 2 rings (SSSR count). The van der Waals surface area contributed by atoms with Crippen molar-refractivity contribution in [2.24, 2.45) is 0 Å². The summed E-state index contributed by atoms with van der Waals surface area (Å²) in [5.74, 6) is -1.79. The van der Waals surface area contributed by atoms with Crippen LogP contribution in [-0.4, -0.2) is 50.0 Å². The predicted octanol–water partition coefficient (Wildman–Crippen LogP) is 4.88. The zero-order chi connectivity index (χ0) is 26.5. The Balaban J connectivity index is 2.43. The van der Waals surface area contributed by atoms with Gasteiger partial charge in [-0.1, -0.05) is 47.8 Å². The number of anilines is 1. The largest absolute Gasteiger partial charge is 0.352 e. The van der Waals surface area contributed by atoms with E-state index in [-0.39, 0.29) is 28.3 Å². The van der Waals surface area contributed by atoms with Crippen molar-refractivity contribution in [2.75, 3.05) is 17.1 Å². The summed E-state index contributed by atoms with van der Waals surface area (Å²) >= 11 is 17.9. The van der Waals surface area contributed by atoms with E-state index in [4.69, 9.17) is 34.8 Å². The van der Waals surface area contributed by atoms with Crippen molar-refractivity contribution in [1.29, 1.82) is 0 Å². The summed E-state index contributed by atoms with van der Waals surface area (Å²) in [5, 5.41) is 3.13. The maximum Gasteiger partial charge on any atom is 0.244 e. The number of hydrogen-bond donors (Lipinski definition) is 1. The summed E-state index contributed by atoms with van der Waals surface area (Å²) in [5.41, 5.74) is 0.602. The van der Waals surface area contributed by atoms with Gasteiger partial charge < -0.3 is 10.2 Å². The van der Waals surface area contributed by atoms with Crippen LogP contribution in [0.2, 0.25) is 15.1 Å². The van der Waals surface area contributed by atoms with Gasteiger partial charge in [0.15, 0.2) is 0 Å². The standard InChI is InChI=1S/C23H27Cl3FN3O4S/c1-5-14(2)28-23(32)15(3)29(12-16-6-8-18(24)19(25)10-16)22(31)13-30(35(4,33)34)17-7-9-21(27)20(26)11-17/h6-11,14-15H,5,12-13H2,1-4H3,(H,28,32)/t14-,15+/m1/s1. The fourth-order valence-electron chi connectivity index (χ4n) is 3.14. The minimum absolute atomic E-state index is 0.0125. The molecule has 0 fully saturated rings. The Hall–Kier alpha value is -2.07. The molecule has 192 valence electrons. The molecule has 0 saturated carbocycles. The summed E-state index contributed by atoms with van der Waals surface area (Å²) in [6.07, 6.45) is 1.60. The van der Waals surface area contributed by atoms with Gasteiger partial charge in [-0.15, -0.1) is 0 Å². The van der Waals surface area contributed by atoms with E-state index in [1.807, 2.05) is 13.8 Å². The van der Waals surface area contributed by atoms with Gasteiger partial charge in [0.25, 0.3) is 0 Å². The van der Waals surface area contributed by atoms with E-state index < -0.39 is 40.2 Å². The number of benzene rings is 2. The van der Waals surface area contributed by atoms with Crippen LogP contribution in [0.15, 0.2) is 36.4 Å². The van der Waals surface area contributed by atoms with E-state index in [1.54, 1.807) is 25.1 Å². The molecule has 1 N–H and O–H groups in total. The van der Waals surface area contributed by atoms with Crippen molar-refractivity contribution in [1.82, 2.24) is 10.2 Å². The Bertz CT molecular complexity index is 1200. The van der Waals surface area contributed by atoms with E-state index in [1.165, 1.54) is 11.0 Å². The number of carbonyl (C=O) groups excluding carboxylic acids is 2. The smallest absolute Gasteiger partial charge is 0.244 e. The summed E-state index contributed by atoms with van der Waals surface area (Å²) in [6.45, 7) is 4.62. The van der Waals surface area contributed by atoms with Gasteiger partial charge in [-0.05, 0) is 56.2 Å². The van der Waals surface area contributed by atoms with Crippen LogP contribution in [0.4, 0.5) is 10.1 Å². The molecular formula is C23H27Cl3FN3O4S. The quantitative estimate of drug-likeness (QED) is 0.444. The van der Waals surface area contributed by atoms with Crippen molar-refractivity contribution in [2.45, 2.75) is 45.8 Å². The highest BCUT2D eigenvalue weighted by molar-refractivity contribution is 7.92. The van der Waals surface area contributed by atoms with Crippen molar-refractivity contribution >= 4 is 62.3 Å². The van der Waals surface area contributed by atoms with E-state index in [0.29, 0.717) is 17.0 Å². The second-order valence-electron chi connectivity index (χ2n) is 8.13. The number of carbonyl (C=O) groups is 2. The van der Waals surface area contributed by atoms with Crippen LogP contribution in [0.5, 0.6) is 0 Å². The molecule has 0 bridgehead atoms. The average molecular weight is 567 g/mol. The Morgan fingerprint density at radius 3 is 2.23 bits per heavy atom. The molecule has 0 spiro atoms. The third-order valence-corrected chi connectivity index (χ3v) is 7.54. The third-order valence-electron chi connectivity index (χ3n) is 5.38. The number of sulfonamides is 1. The number of hydrogen-bond acceptors (Lipinski definition) is 4. The predicted molar refractivity (Wildman–Crippen MR) is 138 cm³/mol. The van der Waals surface area contributed by atoms with Crippen LogP contribution in [0.25, 0.3) is 0 Å². The number of amides is 2. The van der Waals surface area contributed by atoms with Crippen molar-refractivity contribution in [3.05, 3.63) is 62.8 Å². The first-order valence-electron chi connectivity index (χ1n) is 10.7. The van der Waals surface area contributed by atoms with E-state index in [0.717, 1.165) is 22.7 Å².